The summed E-state index contributed by atoms with van der Waals surface area (Å²) in [6.07, 6.45) is 3.36. The number of fused-ring (bicyclic) bond motifs is 1. The molecule has 8 heteroatoms. The lowest BCUT2D eigenvalue weighted by Gasteiger charge is -2.34. The van der Waals surface area contributed by atoms with Crippen LogP contribution < -0.4 is 14.4 Å². The largest absolute Gasteiger partial charge is 0.497 e. The van der Waals surface area contributed by atoms with Gasteiger partial charge >= 0.3 is 0 Å². The molecule has 0 bridgehead atoms. The van der Waals surface area contributed by atoms with Crippen LogP contribution in [0.5, 0.6) is 11.5 Å². The zero-order chi connectivity index (χ0) is 21.1. The molecule has 1 saturated heterocycles. The van der Waals surface area contributed by atoms with Gasteiger partial charge in [0.05, 0.1) is 24.4 Å². The molecular formula is C22H22ClN3O3S. The normalized spacial score (nSPS) is 14.5. The Balaban J connectivity index is 1.40. The smallest absolute Gasteiger partial charge is 0.246 e. The molecule has 0 radical (unpaired) electrons. The van der Waals surface area contributed by atoms with Crippen molar-refractivity contribution in [3.05, 3.63) is 53.1 Å². The maximum absolute atomic E-state index is 12.7. The number of hydrogen-bond donors (Lipinski definition) is 0. The molecule has 1 aliphatic heterocycles. The van der Waals surface area contributed by atoms with Gasteiger partial charge in [0.25, 0.3) is 0 Å². The highest BCUT2D eigenvalue weighted by Crippen LogP contribution is 2.31. The predicted octanol–water partition coefficient (Wildman–Crippen LogP) is 4.33. The van der Waals surface area contributed by atoms with Crippen LogP contribution in [0.2, 0.25) is 5.02 Å². The molecule has 0 saturated carbocycles. The first-order valence-corrected chi connectivity index (χ1v) is 10.8. The molecule has 0 spiro atoms. The van der Waals surface area contributed by atoms with Crippen molar-refractivity contribution in [1.29, 1.82) is 0 Å². The highest BCUT2D eigenvalue weighted by atomic mass is 35.5. The van der Waals surface area contributed by atoms with Gasteiger partial charge in [0.15, 0.2) is 5.13 Å². The van der Waals surface area contributed by atoms with Crippen LogP contribution in [0.15, 0.2) is 42.5 Å². The number of hydrogen-bond acceptors (Lipinski definition) is 6. The molecule has 2 heterocycles. The van der Waals surface area contributed by atoms with E-state index in [1.807, 2.05) is 41.3 Å². The number of methoxy groups -OCH3 is 2. The molecule has 1 aliphatic rings. The maximum atomic E-state index is 12.7. The molecular weight excluding hydrogens is 422 g/mol. The van der Waals surface area contributed by atoms with Crippen molar-refractivity contribution < 1.29 is 14.3 Å². The van der Waals surface area contributed by atoms with Gasteiger partial charge in [0.1, 0.15) is 11.5 Å². The van der Waals surface area contributed by atoms with Gasteiger partial charge in [-0.1, -0.05) is 22.9 Å². The Bertz CT molecular complexity index is 1090. The summed E-state index contributed by atoms with van der Waals surface area (Å²) in [6, 6.07) is 11.2. The van der Waals surface area contributed by atoms with Crippen molar-refractivity contribution in [1.82, 2.24) is 9.88 Å². The fraction of sp³-hybridized carbons (Fsp3) is 0.273. The van der Waals surface area contributed by atoms with Crippen molar-refractivity contribution >= 4 is 50.3 Å². The van der Waals surface area contributed by atoms with E-state index >= 15 is 0 Å². The summed E-state index contributed by atoms with van der Waals surface area (Å²) in [5.41, 5.74) is 1.75. The number of anilines is 1. The number of nitrogens with zero attached hydrogens (tertiary/aromatic N) is 3. The third-order valence-corrected chi connectivity index (χ3v) is 6.36. The first-order chi connectivity index (χ1) is 14.6. The van der Waals surface area contributed by atoms with Crippen LogP contribution in [0.3, 0.4) is 0 Å². The number of aromatic nitrogens is 1. The second kappa shape index (κ2) is 8.93. The lowest BCUT2D eigenvalue weighted by Crippen LogP contribution is -2.48. The Kier molecular flexibility index (Phi) is 6.11. The third kappa shape index (κ3) is 4.37. The monoisotopic (exact) mass is 443 g/mol. The van der Waals surface area contributed by atoms with E-state index in [1.165, 1.54) is 0 Å². The molecule has 0 atom stereocenters. The molecule has 156 valence electrons. The summed E-state index contributed by atoms with van der Waals surface area (Å²) >= 11 is 7.71. The van der Waals surface area contributed by atoms with E-state index in [1.54, 1.807) is 37.7 Å². The summed E-state index contributed by atoms with van der Waals surface area (Å²) < 4.78 is 11.7. The first kappa shape index (κ1) is 20.5. The van der Waals surface area contributed by atoms with E-state index in [0.717, 1.165) is 34.0 Å². The molecule has 0 aliphatic carbocycles. The van der Waals surface area contributed by atoms with Crippen LogP contribution >= 0.6 is 22.9 Å². The van der Waals surface area contributed by atoms with Crippen LogP contribution in [-0.2, 0) is 4.79 Å². The van der Waals surface area contributed by atoms with Crippen LogP contribution in [0.25, 0.3) is 16.3 Å². The topological polar surface area (TPSA) is 54.9 Å². The zero-order valence-electron chi connectivity index (χ0n) is 16.8. The van der Waals surface area contributed by atoms with Gasteiger partial charge in [-0.25, -0.2) is 4.98 Å². The number of carbonyl (C=O) groups excluding carboxylic acids is 1. The molecule has 0 unspecified atom stereocenters. The highest BCUT2D eigenvalue weighted by molar-refractivity contribution is 7.22. The molecule has 6 nitrogen and oxygen atoms in total. The SMILES string of the molecule is COc1ccc(OC)c(/C=C/C(=O)N2CCN(c3nc4ccc(Cl)cc4s3)CC2)c1. The molecule has 30 heavy (non-hydrogen) atoms. The number of benzene rings is 2. The minimum absolute atomic E-state index is 0.0180. The Hall–Kier alpha value is -2.77. The lowest BCUT2D eigenvalue weighted by molar-refractivity contribution is -0.126. The van der Waals surface area contributed by atoms with Crippen molar-refractivity contribution in [3.8, 4) is 11.5 Å². The molecule has 1 fully saturated rings. The number of rotatable bonds is 5. The summed E-state index contributed by atoms with van der Waals surface area (Å²) in [5.74, 6) is 1.39. The van der Waals surface area contributed by atoms with Crippen LogP contribution in [0.4, 0.5) is 5.13 Å². The van der Waals surface area contributed by atoms with Crippen molar-refractivity contribution in [2.75, 3.05) is 45.3 Å². The molecule has 0 N–H and O–H groups in total. The summed E-state index contributed by atoms with van der Waals surface area (Å²) in [4.78, 5) is 21.4. The van der Waals surface area contributed by atoms with Gasteiger partial charge in [-0.05, 0) is 42.5 Å². The van der Waals surface area contributed by atoms with Crippen molar-refractivity contribution in [3.63, 3.8) is 0 Å². The standard InChI is InChI=1S/C22H22ClN3O3S/c1-28-17-5-7-19(29-2)15(13-17)3-8-21(27)25-9-11-26(12-10-25)22-24-18-6-4-16(23)14-20(18)30-22/h3-8,13-14H,9-12H2,1-2H3/b8-3+. The van der Waals surface area contributed by atoms with E-state index in [9.17, 15) is 4.79 Å². The van der Waals surface area contributed by atoms with Gasteiger partial charge in [0, 0.05) is 42.8 Å². The van der Waals surface area contributed by atoms with E-state index in [0.29, 0.717) is 29.6 Å². The van der Waals surface area contributed by atoms with Crippen LogP contribution in [0, 0.1) is 0 Å². The first-order valence-electron chi connectivity index (χ1n) is 9.57. The van der Waals surface area contributed by atoms with Gasteiger partial charge in [-0.15, -0.1) is 0 Å². The molecule has 3 aromatic rings. The van der Waals surface area contributed by atoms with Gasteiger partial charge in [-0.2, -0.15) is 0 Å². The Morgan fingerprint density at radius 2 is 1.90 bits per heavy atom. The number of carbonyl (C=O) groups is 1. The second-order valence-electron chi connectivity index (χ2n) is 6.86. The van der Waals surface area contributed by atoms with Gasteiger partial charge in [0.2, 0.25) is 5.91 Å². The average molecular weight is 444 g/mol. The molecule has 4 rings (SSSR count). The molecule has 1 aromatic heterocycles. The number of halogens is 1. The van der Waals surface area contributed by atoms with E-state index in [2.05, 4.69) is 4.90 Å². The zero-order valence-corrected chi connectivity index (χ0v) is 18.4. The fourth-order valence-corrected chi connectivity index (χ4v) is 4.67. The van der Waals surface area contributed by atoms with Gasteiger partial charge < -0.3 is 19.3 Å². The fourth-order valence-electron chi connectivity index (χ4n) is 3.38. The van der Waals surface area contributed by atoms with Crippen molar-refractivity contribution in [2.45, 2.75) is 0 Å². The number of piperazine rings is 1. The van der Waals surface area contributed by atoms with E-state index < -0.39 is 0 Å². The average Bonchev–Trinajstić information content (AvgIpc) is 3.20. The summed E-state index contributed by atoms with van der Waals surface area (Å²) in [6.45, 7) is 2.79. The Morgan fingerprint density at radius 1 is 1.10 bits per heavy atom. The molecule has 2 aromatic carbocycles. The number of amides is 1. The minimum atomic E-state index is -0.0180. The van der Waals surface area contributed by atoms with E-state index in [-0.39, 0.29) is 5.91 Å². The molecule has 1 amide bonds. The van der Waals surface area contributed by atoms with Crippen LogP contribution in [-0.4, -0.2) is 56.2 Å². The van der Waals surface area contributed by atoms with Gasteiger partial charge in [-0.3, -0.25) is 4.79 Å². The highest BCUT2D eigenvalue weighted by Gasteiger charge is 2.22. The van der Waals surface area contributed by atoms with Crippen LogP contribution in [0.1, 0.15) is 5.56 Å². The quantitative estimate of drug-likeness (QED) is 0.549. The number of thiazole rings is 1. The minimum Gasteiger partial charge on any atom is -0.497 e. The predicted molar refractivity (Wildman–Crippen MR) is 122 cm³/mol. The summed E-state index contributed by atoms with van der Waals surface area (Å²) in [5, 5.41) is 1.68. The lowest BCUT2D eigenvalue weighted by atomic mass is 10.1. The Morgan fingerprint density at radius 3 is 2.63 bits per heavy atom. The number of ether oxygens (including phenoxy) is 2. The van der Waals surface area contributed by atoms with E-state index in [4.69, 9.17) is 26.1 Å². The third-order valence-electron chi connectivity index (χ3n) is 5.04. The maximum Gasteiger partial charge on any atom is 0.246 e. The second-order valence-corrected chi connectivity index (χ2v) is 8.31. The van der Waals surface area contributed by atoms with Crippen molar-refractivity contribution in [2.24, 2.45) is 0 Å². The summed E-state index contributed by atoms with van der Waals surface area (Å²) in [7, 11) is 3.22. The Labute approximate surface area is 184 Å².